The van der Waals surface area contributed by atoms with Crippen molar-refractivity contribution < 1.29 is 4.79 Å². The van der Waals surface area contributed by atoms with Gasteiger partial charge in [-0.25, -0.2) is 4.98 Å². The van der Waals surface area contributed by atoms with Crippen LogP contribution < -0.4 is 5.32 Å². The van der Waals surface area contributed by atoms with E-state index in [1.165, 1.54) is 5.69 Å². The van der Waals surface area contributed by atoms with E-state index >= 15 is 0 Å². The molecule has 1 amide bonds. The molecule has 1 aromatic carbocycles. The maximum Gasteiger partial charge on any atom is 0.224 e. The Kier molecular flexibility index (Phi) is 3.31. The number of rotatable bonds is 3. The molecule has 0 saturated carbocycles. The molecule has 1 N–H and O–H groups in total. The molecule has 2 heterocycles. The van der Waals surface area contributed by atoms with Crippen LogP contribution in [0.5, 0.6) is 0 Å². The third-order valence-corrected chi connectivity index (χ3v) is 3.55. The van der Waals surface area contributed by atoms with E-state index in [4.69, 9.17) is 0 Å². The van der Waals surface area contributed by atoms with Gasteiger partial charge in [-0.1, -0.05) is 30.3 Å². The Morgan fingerprint density at radius 1 is 1.37 bits per heavy atom. The molecule has 19 heavy (non-hydrogen) atoms. The predicted octanol–water partition coefficient (Wildman–Crippen LogP) is 1.56. The first kappa shape index (κ1) is 12.0. The normalized spacial score (nSPS) is 17.8. The van der Waals surface area contributed by atoms with Crippen molar-refractivity contribution in [3.63, 3.8) is 0 Å². The van der Waals surface area contributed by atoms with Gasteiger partial charge in [0.1, 0.15) is 0 Å². The van der Waals surface area contributed by atoms with Crippen LogP contribution >= 0.6 is 0 Å². The SMILES string of the molecule is O=C(Cc1ccccc1)NC1CCn2cncc2C1. The van der Waals surface area contributed by atoms with E-state index in [1.807, 2.05) is 42.9 Å². The molecule has 0 spiro atoms. The summed E-state index contributed by atoms with van der Waals surface area (Å²) in [5.41, 5.74) is 2.26. The number of benzene rings is 1. The van der Waals surface area contributed by atoms with Crippen molar-refractivity contribution in [2.24, 2.45) is 0 Å². The van der Waals surface area contributed by atoms with E-state index in [2.05, 4.69) is 14.9 Å². The number of hydrogen-bond acceptors (Lipinski definition) is 2. The van der Waals surface area contributed by atoms with Gasteiger partial charge in [0.15, 0.2) is 0 Å². The van der Waals surface area contributed by atoms with Crippen LogP contribution in [0.2, 0.25) is 0 Å². The number of hydrogen-bond donors (Lipinski definition) is 1. The molecule has 0 aliphatic carbocycles. The summed E-state index contributed by atoms with van der Waals surface area (Å²) in [5, 5.41) is 3.12. The lowest BCUT2D eigenvalue weighted by atomic mass is 10.0. The van der Waals surface area contributed by atoms with Crippen LogP contribution in [-0.2, 0) is 24.2 Å². The van der Waals surface area contributed by atoms with Crippen LogP contribution in [0, 0.1) is 0 Å². The van der Waals surface area contributed by atoms with Crippen molar-refractivity contribution in [2.75, 3.05) is 0 Å². The molecule has 0 saturated heterocycles. The Hall–Kier alpha value is -2.10. The Labute approximate surface area is 112 Å². The molecular weight excluding hydrogens is 238 g/mol. The Morgan fingerprint density at radius 3 is 3.05 bits per heavy atom. The van der Waals surface area contributed by atoms with Crippen LogP contribution in [0.25, 0.3) is 0 Å². The smallest absolute Gasteiger partial charge is 0.224 e. The highest BCUT2D eigenvalue weighted by molar-refractivity contribution is 5.78. The van der Waals surface area contributed by atoms with E-state index in [0.29, 0.717) is 6.42 Å². The van der Waals surface area contributed by atoms with Gasteiger partial charge in [-0.15, -0.1) is 0 Å². The lowest BCUT2D eigenvalue weighted by Crippen LogP contribution is -2.40. The Bertz CT molecular complexity index is 562. The molecule has 3 rings (SSSR count). The molecule has 1 aromatic heterocycles. The summed E-state index contributed by atoms with van der Waals surface area (Å²) in [6.45, 7) is 0.936. The van der Waals surface area contributed by atoms with Crippen LogP contribution in [0.1, 0.15) is 17.7 Å². The quantitative estimate of drug-likeness (QED) is 0.904. The van der Waals surface area contributed by atoms with Gasteiger partial charge in [-0.05, 0) is 12.0 Å². The molecule has 1 aliphatic rings. The molecule has 0 bridgehead atoms. The zero-order chi connectivity index (χ0) is 13.1. The number of carbonyl (C=O) groups is 1. The third-order valence-electron chi connectivity index (χ3n) is 3.55. The topological polar surface area (TPSA) is 46.9 Å². The summed E-state index contributed by atoms with van der Waals surface area (Å²) in [6, 6.07) is 10.1. The minimum absolute atomic E-state index is 0.101. The van der Waals surface area contributed by atoms with Crippen molar-refractivity contribution in [3.05, 3.63) is 54.1 Å². The largest absolute Gasteiger partial charge is 0.353 e. The fourth-order valence-electron chi connectivity index (χ4n) is 2.55. The minimum Gasteiger partial charge on any atom is -0.353 e. The van der Waals surface area contributed by atoms with Crippen molar-refractivity contribution in [1.82, 2.24) is 14.9 Å². The molecule has 98 valence electrons. The van der Waals surface area contributed by atoms with E-state index < -0.39 is 0 Å². The van der Waals surface area contributed by atoms with Crippen molar-refractivity contribution in [2.45, 2.75) is 31.8 Å². The molecule has 1 atom stereocenters. The number of imidazole rings is 1. The number of carbonyl (C=O) groups excluding carboxylic acids is 1. The second-order valence-corrected chi connectivity index (χ2v) is 5.00. The predicted molar refractivity (Wildman–Crippen MR) is 72.6 cm³/mol. The molecular formula is C15H17N3O. The summed E-state index contributed by atoms with van der Waals surface area (Å²) in [6.07, 6.45) is 6.05. The van der Waals surface area contributed by atoms with E-state index in [1.54, 1.807) is 0 Å². The number of fused-ring (bicyclic) bond motifs is 1. The van der Waals surface area contributed by atoms with Crippen LogP contribution in [-0.4, -0.2) is 21.5 Å². The van der Waals surface area contributed by atoms with Crippen LogP contribution in [0.4, 0.5) is 0 Å². The number of nitrogens with one attached hydrogen (secondary N) is 1. The second kappa shape index (κ2) is 5.26. The lowest BCUT2D eigenvalue weighted by Gasteiger charge is -2.24. The summed E-state index contributed by atoms with van der Waals surface area (Å²) >= 11 is 0. The zero-order valence-electron chi connectivity index (χ0n) is 10.7. The van der Waals surface area contributed by atoms with E-state index in [-0.39, 0.29) is 11.9 Å². The fraction of sp³-hybridized carbons (Fsp3) is 0.333. The number of amides is 1. The molecule has 1 aliphatic heterocycles. The van der Waals surface area contributed by atoms with Gasteiger partial charge in [0.2, 0.25) is 5.91 Å². The molecule has 2 aromatic rings. The highest BCUT2D eigenvalue weighted by atomic mass is 16.1. The fourth-order valence-corrected chi connectivity index (χ4v) is 2.55. The van der Waals surface area contributed by atoms with Gasteiger partial charge >= 0.3 is 0 Å². The molecule has 4 nitrogen and oxygen atoms in total. The highest BCUT2D eigenvalue weighted by Crippen LogP contribution is 2.14. The lowest BCUT2D eigenvalue weighted by molar-refractivity contribution is -0.121. The van der Waals surface area contributed by atoms with Gasteiger partial charge in [0.05, 0.1) is 12.7 Å². The van der Waals surface area contributed by atoms with Crippen LogP contribution in [0.3, 0.4) is 0 Å². The standard InChI is InChI=1S/C15H17N3O/c19-15(8-12-4-2-1-3-5-12)17-13-6-7-18-11-16-10-14(18)9-13/h1-5,10-11,13H,6-9H2,(H,17,19). The number of aromatic nitrogens is 2. The Morgan fingerprint density at radius 2 is 2.21 bits per heavy atom. The first-order chi connectivity index (χ1) is 9.31. The summed E-state index contributed by atoms with van der Waals surface area (Å²) in [7, 11) is 0. The first-order valence-electron chi connectivity index (χ1n) is 6.63. The summed E-state index contributed by atoms with van der Waals surface area (Å²) < 4.78 is 2.15. The van der Waals surface area contributed by atoms with Gasteiger partial charge in [-0.2, -0.15) is 0 Å². The van der Waals surface area contributed by atoms with Crippen molar-refractivity contribution >= 4 is 5.91 Å². The molecule has 0 radical (unpaired) electrons. The first-order valence-corrected chi connectivity index (χ1v) is 6.63. The van der Waals surface area contributed by atoms with E-state index in [0.717, 1.165) is 24.9 Å². The average Bonchev–Trinajstić information content (AvgIpc) is 2.87. The molecule has 4 heteroatoms. The average molecular weight is 255 g/mol. The highest BCUT2D eigenvalue weighted by Gasteiger charge is 2.19. The maximum atomic E-state index is 12.0. The van der Waals surface area contributed by atoms with E-state index in [9.17, 15) is 4.79 Å². The number of aryl methyl sites for hydroxylation is 1. The van der Waals surface area contributed by atoms with Gasteiger partial charge in [0, 0.05) is 30.9 Å². The Balaban J connectivity index is 1.56. The second-order valence-electron chi connectivity index (χ2n) is 5.00. The van der Waals surface area contributed by atoms with Gasteiger partial charge in [-0.3, -0.25) is 4.79 Å². The van der Waals surface area contributed by atoms with Gasteiger partial charge < -0.3 is 9.88 Å². The minimum atomic E-state index is 0.101. The van der Waals surface area contributed by atoms with Crippen LogP contribution in [0.15, 0.2) is 42.9 Å². The third kappa shape index (κ3) is 2.84. The summed E-state index contributed by atoms with van der Waals surface area (Å²) in [4.78, 5) is 16.1. The zero-order valence-corrected chi connectivity index (χ0v) is 10.7. The maximum absolute atomic E-state index is 12.0. The monoisotopic (exact) mass is 255 g/mol. The van der Waals surface area contributed by atoms with Gasteiger partial charge in [0.25, 0.3) is 0 Å². The summed E-state index contributed by atoms with van der Waals surface area (Å²) in [5.74, 6) is 0.101. The van der Waals surface area contributed by atoms with Crippen molar-refractivity contribution in [3.8, 4) is 0 Å². The van der Waals surface area contributed by atoms with Crippen molar-refractivity contribution in [1.29, 1.82) is 0 Å². The molecule has 1 unspecified atom stereocenters. The number of nitrogens with zero attached hydrogens (tertiary/aromatic N) is 2. The molecule has 0 fully saturated rings.